The van der Waals surface area contributed by atoms with E-state index in [0.717, 1.165) is 17.4 Å². The molecule has 1 fully saturated rings. The van der Waals surface area contributed by atoms with Gasteiger partial charge in [0.25, 0.3) is 0 Å². The highest BCUT2D eigenvalue weighted by Gasteiger charge is 2.17. The second kappa shape index (κ2) is 7.65. The van der Waals surface area contributed by atoms with Gasteiger partial charge in [0, 0.05) is 23.9 Å². The Labute approximate surface area is 159 Å². The summed E-state index contributed by atoms with van der Waals surface area (Å²) in [6, 6.07) is 14.5. The van der Waals surface area contributed by atoms with Crippen LogP contribution >= 0.6 is 0 Å². The summed E-state index contributed by atoms with van der Waals surface area (Å²) in [5, 5.41) is 1.06. The summed E-state index contributed by atoms with van der Waals surface area (Å²) in [6.45, 7) is 5.76. The lowest BCUT2D eigenvalue weighted by Crippen LogP contribution is -2.24. The van der Waals surface area contributed by atoms with Crippen molar-refractivity contribution in [2.75, 3.05) is 19.6 Å². The second-order valence-corrected chi connectivity index (χ2v) is 7.67. The molecule has 1 aliphatic heterocycles. The Morgan fingerprint density at radius 3 is 2.74 bits per heavy atom. The van der Waals surface area contributed by atoms with Crippen molar-refractivity contribution in [3.63, 3.8) is 0 Å². The minimum Gasteiger partial charge on any atom is -0.352 e. The minimum atomic E-state index is -0.312. The summed E-state index contributed by atoms with van der Waals surface area (Å²) < 4.78 is 13.3. The van der Waals surface area contributed by atoms with Crippen LogP contribution < -0.4 is 0 Å². The maximum atomic E-state index is 13.3. The highest BCUT2D eigenvalue weighted by atomic mass is 19.1. The molecule has 4 heteroatoms. The molecule has 3 nitrogen and oxygen atoms in total. The summed E-state index contributed by atoms with van der Waals surface area (Å²) in [7, 11) is 0. The van der Waals surface area contributed by atoms with Crippen molar-refractivity contribution < 1.29 is 9.18 Å². The van der Waals surface area contributed by atoms with E-state index < -0.39 is 0 Å². The van der Waals surface area contributed by atoms with Gasteiger partial charge in [-0.15, -0.1) is 0 Å². The molecule has 1 atom stereocenters. The maximum Gasteiger partial charge on any atom is 0.183 e. The molecule has 27 heavy (non-hydrogen) atoms. The van der Waals surface area contributed by atoms with Crippen molar-refractivity contribution in [1.82, 2.24) is 9.88 Å². The lowest BCUT2D eigenvalue weighted by atomic mass is 9.99. The Hall–Kier alpha value is -2.46. The van der Waals surface area contributed by atoms with E-state index in [1.165, 1.54) is 43.6 Å². The monoisotopic (exact) mass is 364 g/mol. The number of likely N-dealkylation sites (tertiary alicyclic amines) is 1. The smallest absolute Gasteiger partial charge is 0.183 e. The second-order valence-electron chi connectivity index (χ2n) is 7.67. The molecule has 0 aliphatic carbocycles. The minimum absolute atomic E-state index is 0.0246. The molecule has 1 saturated heterocycles. The lowest BCUT2D eigenvalue weighted by Gasteiger charge is -2.20. The molecule has 4 rings (SSSR count). The molecule has 3 aromatic rings. The average molecular weight is 364 g/mol. The largest absolute Gasteiger partial charge is 0.352 e. The molecular weight excluding hydrogens is 339 g/mol. The van der Waals surface area contributed by atoms with Gasteiger partial charge in [-0.3, -0.25) is 4.79 Å². The fourth-order valence-corrected chi connectivity index (χ4v) is 3.99. The quantitative estimate of drug-likeness (QED) is 0.630. The molecule has 0 amide bonds. The number of hydrogen-bond donors (Lipinski definition) is 1. The van der Waals surface area contributed by atoms with Crippen LogP contribution in [0, 0.1) is 5.82 Å². The number of nitrogens with one attached hydrogen (secondary N) is 1. The zero-order valence-electron chi connectivity index (χ0n) is 15.7. The molecular formula is C23H25FN2O. The number of H-pyrrole nitrogens is 1. The number of carbonyl (C=O) groups is 1. The number of aromatic nitrogens is 1. The lowest BCUT2D eigenvalue weighted by molar-refractivity contribution is 0.0989. The number of carbonyl (C=O) groups excluding carboxylic acids is 1. The first-order valence-corrected chi connectivity index (χ1v) is 9.71. The third-order valence-corrected chi connectivity index (χ3v) is 5.50. The topological polar surface area (TPSA) is 36.1 Å². The molecule has 2 aromatic carbocycles. The Bertz CT molecular complexity index is 956. The van der Waals surface area contributed by atoms with Gasteiger partial charge in [0.15, 0.2) is 5.78 Å². The van der Waals surface area contributed by atoms with Crippen LogP contribution in [0.25, 0.3) is 10.9 Å². The van der Waals surface area contributed by atoms with E-state index in [4.69, 9.17) is 0 Å². The van der Waals surface area contributed by atoms with Gasteiger partial charge in [-0.1, -0.05) is 25.1 Å². The standard InChI is InChI=1S/C23H25FN2O/c1-16(15-26-9-2-3-10-26)18-7-8-21-19(13-18)14-22(25-21)23(27)12-17-5-4-6-20(24)11-17/h4-8,11,13-14,16,25H,2-3,9-10,12,15H2,1H3. The van der Waals surface area contributed by atoms with Gasteiger partial charge in [-0.05, 0) is 73.3 Å². The third-order valence-electron chi connectivity index (χ3n) is 5.50. The number of Topliss-reactive ketones (excluding diaryl/α,β-unsaturated/α-hetero) is 1. The molecule has 0 spiro atoms. The van der Waals surface area contributed by atoms with Crippen LogP contribution in [0.15, 0.2) is 48.5 Å². The Morgan fingerprint density at radius 2 is 1.96 bits per heavy atom. The highest BCUT2D eigenvalue weighted by Crippen LogP contribution is 2.25. The Kier molecular flexibility index (Phi) is 5.08. The first-order valence-electron chi connectivity index (χ1n) is 9.71. The van der Waals surface area contributed by atoms with Crippen LogP contribution in [0.4, 0.5) is 4.39 Å². The normalized spacial score (nSPS) is 16.1. The first-order chi connectivity index (χ1) is 13.1. The van der Waals surface area contributed by atoms with Crippen molar-refractivity contribution >= 4 is 16.7 Å². The SMILES string of the molecule is CC(CN1CCCC1)c1ccc2[nH]c(C(=O)Cc3cccc(F)c3)cc2c1. The fraction of sp³-hybridized carbons (Fsp3) is 0.348. The van der Waals surface area contributed by atoms with Gasteiger partial charge in [0.1, 0.15) is 5.82 Å². The predicted octanol–water partition coefficient (Wildman–Crippen LogP) is 4.93. The Balaban J connectivity index is 1.50. The molecule has 2 heterocycles. The van der Waals surface area contributed by atoms with Crippen molar-refractivity contribution in [3.05, 3.63) is 71.2 Å². The van der Waals surface area contributed by atoms with E-state index in [9.17, 15) is 9.18 Å². The number of ketones is 1. The fourth-order valence-electron chi connectivity index (χ4n) is 3.99. The van der Waals surface area contributed by atoms with E-state index in [2.05, 4.69) is 35.0 Å². The summed E-state index contributed by atoms with van der Waals surface area (Å²) in [6.07, 6.45) is 2.81. The number of hydrogen-bond acceptors (Lipinski definition) is 2. The number of fused-ring (bicyclic) bond motifs is 1. The molecule has 0 saturated carbocycles. The van der Waals surface area contributed by atoms with Crippen LogP contribution in [-0.4, -0.2) is 35.3 Å². The number of rotatable bonds is 6. The molecule has 1 N–H and O–H groups in total. The van der Waals surface area contributed by atoms with Gasteiger partial charge in [0.05, 0.1) is 5.69 Å². The van der Waals surface area contributed by atoms with Crippen molar-refractivity contribution in [2.45, 2.75) is 32.1 Å². The van der Waals surface area contributed by atoms with Crippen LogP contribution in [0.5, 0.6) is 0 Å². The van der Waals surface area contributed by atoms with Gasteiger partial charge in [-0.2, -0.15) is 0 Å². The van der Waals surface area contributed by atoms with E-state index in [-0.39, 0.29) is 18.0 Å². The zero-order chi connectivity index (χ0) is 18.8. The first kappa shape index (κ1) is 17.9. The van der Waals surface area contributed by atoms with Crippen molar-refractivity contribution in [1.29, 1.82) is 0 Å². The van der Waals surface area contributed by atoms with E-state index >= 15 is 0 Å². The summed E-state index contributed by atoms with van der Waals surface area (Å²) >= 11 is 0. The summed E-state index contributed by atoms with van der Waals surface area (Å²) in [5.41, 5.74) is 3.55. The third kappa shape index (κ3) is 4.11. The zero-order valence-corrected chi connectivity index (χ0v) is 15.7. The average Bonchev–Trinajstić information content (AvgIpc) is 3.30. The van der Waals surface area contributed by atoms with Crippen molar-refractivity contribution in [3.8, 4) is 0 Å². The summed E-state index contributed by atoms with van der Waals surface area (Å²) in [4.78, 5) is 18.3. The molecule has 140 valence electrons. The van der Waals surface area contributed by atoms with Gasteiger partial charge >= 0.3 is 0 Å². The summed E-state index contributed by atoms with van der Waals surface area (Å²) in [5.74, 6) is 0.130. The molecule has 1 aliphatic rings. The van der Waals surface area contributed by atoms with Crippen LogP contribution in [0.3, 0.4) is 0 Å². The van der Waals surface area contributed by atoms with Gasteiger partial charge in [-0.25, -0.2) is 4.39 Å². The number of nitrogens with zero attached hydrogens (tertiary/aromatic N) is 1. The van der Waals surface area contributed by atoms with E-state index in [1.807, 2.05) is 6.07 Å². The molecule has 0 bridgehead atoms. The van der Waals surface area contributed by atoms with Crippen LogP contribution in [0.1, 0.15) is 47.3 Å². The van der Waals surface area contributed by atoms with Gasteiger partial charge in [0.2, 0.25) is 0 Å². The highest BCUT2D eigenvalue weighted by molar-refractivity contribution is 6.00. The van der Waals surface area contributed by atoms with Crippen molar-refractivity contribution in [2.24, 2.45) is 0 Å². The van der Waals surface area contributed by atoms with E-state index in [0.29, 0.717) is 17.2 Å². The van der Waals surface area contributed by atoms with Gasteiger partial charge < -0.3 is 9.88 Å². The Morgan fingerprint density at radius 1 is 1.15 bits per heavy atom. The maximum absolute atomic E-state index is 13.3. The van der Waals surface area contributed by atoms with Crippen LogP contribution in [0.2, 0.25) is 0 Å². The number of aromatic amines is 1. The van der Waals surface area contributed by atoms with E-state index in [1.54, 1.807) is 12.1 Å². The predicted molar refractivity (Wildman–Crippen MR) is 107 cm³/mol. The molecule has 0 radical (unpaired) electrons. The molecule has 1 unspecified atom stereocenters. The molecule has 1 aromatic heterocycles. The number of halogens is 1. The number of benzene rings is 2. The van der Waals surface area contributed by atoms with Crippen LogP contribution in [-0.2, 0) is 6.42 Å².